The number of anilines is 3. The standard InChI is InChI=1S/C44H44N2/c1-32-30-33(2)43-16-10-11-17-44(43)45(31-34(32)3)39-26-22-37(23-27-39)35-18-20-36(21-19-35)38-24-28-42(29-25-38)46(40-12-6-4-7-13-40)41-14-8-5-9-15-41/h4-10,12-16,18-22,24-26,28-29,32,34H,2,11,17,23,27,30-31H2,1,3H3. The zero-order valence-corrected chi connectivity index (χ0v) is 27.2. The molecule has 0 spiro atoms. The third-order valence-corrected chi connectivity index (χ3v) is 10.1. The molecule has 2 nitrogen and oxygen atoms in total. The molecule has 0 bridgehead atoms. The highest BCUT2D eigenvalue weighted by atomic mass is 15.2. The molecule has 4 aromatic carbocycles. The molecule has 46 heavy (non-hydrogen) atoms. The summed E-state index contributed by atoms with van der Waals surface area (Å²) in [5.74, 6) is 1.26. The van der Waals surface area contributed by atoms with Crippen molar-refractivity contribution in [3.05, 3.63) is 168 Å². The average Bonchev–Trinajstić information content (AvgIpc) is 3.12. The summed E-state index contributed by atoms with van der Waals surface area (Å²) in [6.45, 7) is 10.4. The topological polar surface area (TPSA) is 6.48 Å². The maximum Gasteiger partial charge on any atom is 0.0462 e. The zero-order chi connectivity index (χ0) is 31.5. The van der Waals surface area contributed by atoms with E-state index in [-0.39, 0.29) is 0 Å². The lowest BCUT2D eigenvalue weighted by Crippen LogP contribution is -2.34. The third-order valence-electron chi connectivity index (χ3n) is 10.1. The molecule has 7 rings (SSSR count). The smallest absolute Gasteiger partial charge is 0.0462 e. The molecule has 4 aromatic rings. The van der Waals surface area contributed by atoms with Gasteiger partial charge in [0.2, 0.25) is 0 Å². The summed E-state index contributed by atoms with van der Waals surface area (Å²) in [6, 6.07) is 39.2. The van der Waals surface area contributed by atoms with Crippen molar-refractivity contribution in [3.63, 3.8) is 0 Å². The van der Waals surface area contributed by atoms with Gasteiger partial charge >= 0.3 is 0 Å². The number of nitrogens with zero attached hydrogens (tertiary/aromatic N) is 2. The second-order valence-electron chi connectivity index (χ2n) is 13.2. The Hall–Kier alpha value is -4.82. The van der Waals surface area contributed by atoms with Crippen molar-refractivity contribution in [1.29, 1.82) is 0 Å². The molecule has 2 aliphatic carbocycles. The minimum Gasteiger partial charge on any atom is -0.348 e. The molecule has 0 saturated heterocycles. The van der Waals surface area contributed by atoms with Crippen LogP contribution in [0.3, 0.4) is 0 Å². The third kappa shape index (κ3) is 6.17. The van der Waals surface area contributed by atoms with Gasteiger partial charge in [-0.05, 0) is 120 Å². The van der Waals surface area contributed by atoms with Crippen molar-refractivity contribution in [2.75, 3.05) is 11.4 Å². The molecule has 230 valence electrons. The number of allylic oxidation sites excluding steroid dienone is 9. The molecule has 1 heterocycles. The van der Waals surface area contributed by atoms with Crippen molar-refractivity contribution in [2.24, 2.45) is 11.8 Å². The Labute approximate surface area is 275 Å². The first-order valence-electron chi connectivity index (χ1n) is 16.9. The first kappa shape index (κ1) is 29.9. The molecule has 0 amide bonds. The Kier molecular flexibility index (Phi) is 8.62. The van der Waals surface area contributed by atoms with Crippen LogP contribution in [0.2, 0.25) is 0 Å². The highest BCUT2D eigenvalue weighted by Gasteiger charge is 2.28. The Bertz CT molecular complexity index is 1770. The molecule has 0 saturated carbocycles. The number of rotatable bonds is 6. The molecular formula is C44H44N2. The summed E-state index contributed by atoms with van der Waals surface area (Å²) in [5.41, 5.74) is 14.3. The van der Waals surface area contributed by atoms with Crippen LogP contribution in [-0.2, 0) is 0 Å². The second kappa shape index (κ2) is 13.3. The van der Waals surface area contributed by atoms with Gasteiger partial charge in [0.15, 0.2) is 0 Å². The van der Waals surface area contributed by atoms with Crippen LogP contribution in [0.5, 0.6) is 0 Å². The zero-order valence-electron chi connectivity index (χ0n) is 27.2. The quantitative estimate of drug-likeness (QED) is 0.217. The van der Waals surface area contributed by atoms with Crippen molar-refractivity contribution in [1.82, 2.24) is 4.90 Å². The predicted octanol–water partition coefficient (Wildman–Crippen LogP) is 12.0. The Morgan fingerprint density at radius 1 is 0.630 bits per heavy atom. The highest BCUT2D eigenvalue weighted by Crippen LogP contribution is 2.40. The van der Waals surface area contributed by atoms with Crippen LogP contribution in [0, 0.1) is 11.8 Å². The van der Waals surface area contributed by atoms with Crippen molar-refractivity contribution in [2.45, 2.75) is 46.0 Å². The van der Waals surface area contributed by atoms with E-state index < -0.39 is 0 Å². The lowest BCUT2D eigenvalue weighted by Gasteiger charge is -2.40. The van der Waals surface area contributed by atoms with E-state index >= 15 is 0 Å². The van der Waals surface area contributed by atoms with E-state index in [4.69, 9.17) is 0 Å². The summed E-state index contributed by atoms with van der Waals surface area (Å²) < 4.78 is 0. The first-order valence-corrected chi connectivity index (χ1v) is 16.9. The highest BCUT2D eigenvalue weighted by molar-refractivity contribution is 5.79. The van der Waals surface area contributed by atoms with E-state index in [1.54, 1.807) is 0 Å². The lowest BCUT2D eigenvalue weighted by molar-refractivity contribution is 0.265. The van der Waals surface area contributed by atoms with Crippen LogP contribution in [-0.4, -0.2) is 11.4 Å². The summed E-state index contributed by atoms with van der Waals surface area (Å²) in [6.07, 6.45) is 14.9. The monoisotopic (exact) mass is 600 g/mol. The maximum absolute atomic E-state index is 4.51. The van der Waals surface area contributed by atoms with Crippen LogP contribution >= 0.6 is 0 Å². The van der Waals surface area contributed by atoms with Crippen LogP contribution in [0.4, 0.5) is 17.1 Å². The van der Waals surface area contributed by atoms with Gasteiger partial charge in [-0.1, -0.05) is 111 Å². The van der Waals surface area contributed by atoms with Gasteiger partial charge in [-0.15, -0.1) is 0 Å². The minimum absolute atomic E-state index is 0.629. The van der Waals surface area contributed by atoms with Crippen LogP contribution in [0.15, 0.2) is 163 Å². The summed E-state index contributed by atoms with van der Waals surface area (Å²) >= 11 is 0. The fraction of sp³-hybridized carbons (Fsp3) is 0.227. The van der Waals surface area contributed by atoms with Gasteiger partial charge in [-0.2, -0.15) is 0 Å². The molecule has 2 unspecified atom stereocenters. The van der Waals surface area contributed by atoms with Crippen molar-refractivity contribution >= 4 is 22.6 Å². The molecule has 0 radical (unpaired) electrons. The summed E-state index contributed by atoms with van der Waals surface area (Å²) in [4.78, 5) is 4.96. The molecule has 3 aliphatic rings. The average molecular weight is 601 g/mol. The van der Waals surface area contributed by atoms with Gasteiger partial charge in [-0.25, -0.2) is 0 Å². The summed E-state index contributed by atoms with van der Waals surface area (Å²) in [5, 5.41) is 0. The molecule has 0 N–H and O–H groups in total. The number of para-hydroxylation sites is 2. The largest absolute Gasteiger partial charge is 0.348 e. The Morgan fingerprint density at radius 2 is 1.22 bits per heavy atom. The van der Waals surface area contributed by atoms with Crippen LogP contribution in [0.25, 0.3) is 16.7 Å². The number of hydrogen-bond acceptors (Lipinski definition) is 2. The first-order chi connectivity index (χ1) is 22.5. The van der Waals surface area contributed by atoms with Gasteiger partial charge in [0.25, 0.3) is 0 Å². The Morgan fingerprint density at radius 3 is 1.83 bits per heavy atom. The normalized spacial score (nSPS) is 20.0. The molecule has 2 atom stereocenters. The molecule has 0 aromatic heterocycles. The van der Waals surface area contributed by atoms with E-state index in [1.165, 1.54) is 44.8 Å². The number of hydrogen-bond donors (Lipinski definition) is 0. The van der Waals surface area contributed by atoms with Crippen LogP contribution < -0.4 is 4.90 Å². The molecule has 2 heteroatoms. The van der Waals surface area contributed by atoms with Gasteiger partial charge in [0.05, 0.1) is 0 Å². The predicted molar refractivity (Wildman–Crippen MR) is 196 cm³/mol. The fourth-order valence-corrected chi connectivity index (χ4v) is 7.20. The molecule has 1 aliphatic heterocycles. The van der Waals surface area contributed by atoms with Crippen molar-refractivity contribution < 1.29 is 0 Å². The van der Waals surface area contributed by atoms with Gasteiger partial charge < -0.3 is 9.80 Å². The maximum atomic E-state index is 4.51. The SMILES string of the molecule is C=C1CC(C)C(C)CN(C2=CC=C(c3ccc(-c4ccc(N(c5ccccc5)c5ccccc5)cc4)cc3)CC2)C2=C1C=CCC2. The van der Waals surface area contributed by atoms with E-state index in [9.17, 15) is 0 Å². The second-order valence-corrected chi connectivity index (χ2v) is 13.2. The lowest BCUT2D eigenvalue weighted by atomic mass is 9.82. The van der Waals surface area contributed by atoms with E-state index in [0.29, 0.717) is 11.8 Å². The van der Waals surface area contributed by atoms with E-state index in [0.717, 1.165) is 55.7 Å². The summed E-state index contributed by atoms with van der Waals surface area (Å²) in [7, 11) is 0. The number of benzene rings is 4. The molecule has 0 fully saturated rings. The van der Waals surface area contributed by atoms with Crippen LogP contribution in [0.1, 0.15) is 51.5 Å². The van der Waals surface area contributed by atoms with Gasteiger partial charge in [0, 0.05) is 35.0 Å². The fourth-order valence-electron chi connectivity index (χ4n) is 7.20. The van der Waals surface area contributed by atoms with Crippen molar-refractivity contribution in [3.8, 4) is 11.1 Å². The molecular weight excluding hydrogens is 556 g/mol. The minimum atomic E-state index is 0.629. The van der Waals surface area contributed by atoms with E-state index in [2.05, 4.69) is 164 Å². The van der Waals surface area contributed by atoms with E-state index in [1.807, 2.05) is 0 Å². The van der Waals surface area contributed by atoms with Gasteiger partial charge in [0.1, 0.15) is 0 Å². The Balaban J connectivity index is 1.11. The van der Waals surface area contributed by atoms with Gasteiger partial charge in [-0.3, -0.25) is 0 Å².